The molecule has 6 nitrogen and oxygen atoms in total. The molecular weight excluding hydrogens is 332 g/mol. The smallest absolute Gasteiger partial charge is 0.233 e. The third kappa shape index (κ3) is 4.46. The Bertz CT molecular complexity index is 737. The molecule has 0 fully saturated rings. The van der Waals surface area contributed by atoms with Gasteiger partial charge >= 0.3 is 0 Å². The Morgan fingerprint density at radius 1 is 1.48 bits per heavy atom. The summed E-state index contributed by atoms with van der Waals surface area (Å²) in [5.74, 6) is 1.46. The zero-order chi connectivity index (χ0) is 16.1. The van der Waals surface area contributed by atoms with Gasteiger partial charge in [-0.3, -0.25) is 9.89 Å². The number of hydrogen-bond donors (Lipinski definition) is 2. The molecule has 3 aromatic heterocycles. The van der Waals surface area contributed by atoms with Crippen LogP contribution in [0.15, 0.2) is 45.5 Å². The third-order valence-corrected chi connectivity index (χ3v) is 4.94. The molecule has 0 aliphatic carbocycles. The summed E-state index contributed by atoms with van der Waals surface area (Å²) >= 11 is 3.01. The maximum atomic E-state index is 12.1. The van der Waals surface area contributed by atoms with Gasteiger partial charge < -0.3 is 9.73 Å². The van der Waals surface area contributed by atoms with Crippen molar-refractivity contribution in [2.45, 2.75) is 30.3 Å². The van der Waals surface area contributed by atoms with E-state index in [-0.39, 0.29) is 11.2 Å². The first kappa shape index (κ1) is 15.8. The van der Waals surface area contributed by atoms with Crippen LogP contribution in [0.2, 0.25) is 0 Å². The Labute approximate surface area is 141 Å². The van der Waals surface area contributed by atoms with Crippen LogP contribution in [0.1, 0.15) is 23.4 Å². The molecule has 0 aliphatic heterocycles. The van der Waals surface area contributed by atoms with Crippen LogP contribution in [0.4, 0.5) is 0 Å². The van der Waals surface area contributed by atoms with Crippen molar-refractivity contribution in [3.8, 4) is 0 Å². The van der Waals surface area contributed by atoms with Crippen molar-refractivity contribution in [3.05, 3.63) is 52.4 Å². The zero-order valence-electron chi connectivity index (χ0n) is 12.5. The van der Waals surface area contributed by atoms with Gasteiger partial charge in [0.15, 0.2) is 0 Å². The maximum absolute atomic E-state index is 12.1. The van der Waals surface area contributed by atoms with Gasteiger partial charge in [0.05, 0.1) is 18.1 Å². The van der Waals surface area contributed by atoms with Crippen molar-refractivity contribution in [1.29, 1.82) is 0 Å². The number of rotatable bonds is 7. The summed E-state index contributed by atoms with van der Waals surface area (Å²) < 4.78 is 5.18. The summed E-state index contributed by atoms with van der Waals surface area (Å²) in [6.45, 7) is 2.21. The van der Waals surface area contributed by atoms with Crippen LogP contribution in [-0.2, 0) is 17.8 Å². The highest BCUT2D eigenvalue weighted by Crippen LogP contribution is 2.20. The Hall–Kier alpha value is -2.06. The monoisotopic (exact) mass is 348 g/mol. The summed E-state index contributed by atoms with van der Waals surface area (Å²) in [5.41, 5.74) is 0. The second-order valence-electron chi connectivity index (χ2n) is 4.88. The van der Waals surface area contributed by atoms with E-state index in [4.69, 9.17) is 4.42 Å². The molecule has 2 N–H and O–H groups in total. The average Bonchev–Trinajstić information content (AvgIpc) is 3.28. The van der Waals surface area contributed by atoms with E-state index in [1.807, 2.05) is 24.4 Å². The van der Waals surface area contributed by atoms with Gasteiger partial charge in [-0.25, -0.2) is 4.98 Å². The number of H-pyrrole nitrogens is 1. The van der Waals surface area contributed by atoms with E-state index in [2.05, 4.69) is 26.6 Å². The van der Waals surface area contributed by atoms with E-state index >= 15 is 0 Å². The van der Waals surface area contributed by atoms with Gasteiger partial charge in [0.25, 0.3) is 0 Å². The van der Waals surface area contributed by atoms with Crippen LogP contribution in [0.3, 0.4) is 0 Å². The van der Waals surface area contributed by atoms with Gasteiger partial charge in [0, 0.05) is 11.3 Å². The molecule has 0 aliphatic rings. The number of thioether (sulfide) groups is 1. The predicted octanol–water partition coefficient (Wildman–Crippen LogP) is 2.85. The molecule has 0 aromatic carbocycles. The van der Waals surface area contributed by atoms with E-state index in [1.54, 1.807) is 23.7 Å². The molecule has 0 bridgehead atoms. The Kier molecular flexibility index (Phi) is 5.14. The van der Waals surface area contributed by atoms with Crippen molar-refractivity contribution in [2.24, 2.45) is 0 Å². The Morgan fingerprint density at radius 2 is 2.39 bits per heavy atom. The molecule has 120 valence electrons. The average molecular weight is 348 g/mol. The molecule has 0 saturated carbocycles. The minimum absolute atomic E-state index is 0.0731. The number of carbonyl (C=O) groups is 1. The summed E-state index contributed by atoms with van der Waals surface area (Å²) in [7, 11) is 0. The maximum Gasteiger partial charge on any atom is 0.233 e. The normalized spacial score (nSPS) is 12.2. The van der Waals surface area contributed by atoms with E-state index in [1.165, 1.54) is 16.6 Å². The van der Waals surface area contributed by atoms with Gasteiger partial charge in [-0.05, 0) is 30.5 Å². The largest absolute Gasteiger partial charge is 0.467 e. The third-order valence-electron chi connectivity index (χ3n) is 3.10. The number of aromatic amines is 1. The minimum atomic E-state index is -0.282. The minimum Gasteiger partial charge on any atom is -0.467 e. The van der Waals surface area contributed by atoms with Crippen molar-refractivity contribution >= 4 is 29.0 Å². The molecule has 1 unspecified atom stereocenters. The fourth-order valence-electron chi connectivity index (χ4n) is 1.93. The Morgan fingerprint density at radius 3 is 3.13 bits per heavy atom. The molecule has 0 saturated heterocycles. The van der Waals surface area contributed by atoms with Gasteiger partial charge in [0.2, 0.25) is 11.1 Å². The predicted molar refractivity (Wildman–Crippen MR) is 89.4 cm³/mol. The van der Waals surface area contributed by atoms with Crippen LogP contribution in [-0.4, -0.2) is 26.3 Å². The first-order chi connectivity index (χ1) is 11.2. The highest BCUT2D eigenvalue weighted by molar-refractivity contribution is 8.00. The zero-order valence-corrected chi connectivity index (χ0v) is 14.1. The lowest BCUT2D eigenvalue weighted by molar-refractivity contribution is -0.120. The van der Waals surface area contributed by atoms with Crippen molar-refractivity contribution in [2.75, 3.05) is 0 Å². The van der Waals surface area contributed by atoms with Crippen molar-refractivity contribution < 1.29 is 9.21 Å². The topological polar surface area (TPSA) is 83.8 Å². The molecular formula is C15H16N4O2S2. The number of thiophene rings is 1. The number of aromatic nitrogens is 3. The lowest BCUT2D eigenvalue weighted by atomic mass is 10.3. The number of amides is 1. The second-order valence-corrected chi connectivity index (χ2v) is 7.22. The van der Waals surface area contributed by atoms with Crippen molar-refractivity contribution in [1.82, 2.24) is 20.5 Å². The van der Waals surface area contributed by atoms with Crippen LogP contribution in [0, 0.1) is 0 Å². The standard InChI is InChI=1S/C15H16N4O2S2/c1-10(14(20)16-9-11-4-2-6-21-11)23-15-17-13(18-19-15)8-12-5-3-7-22-12/h2-7,10H,8-9H2,1H3,(H,16,20)(H,17,18,19). The first-order valence-corrected chi connectivity index (χ1v) is 8.87. The SMILES string of the molecule is CC(Sc1n[nH]c(Cc2cccs2)n1)C(=O)NCc1ccco1. The number of nitrogens with one attached hydrogen (secondary N) is 2. The fourth-order valence-corrected chi connectivity index (χ4v) is 3.41. The summed E-state index contributed by atoms with van der Waals surface area (Å²) in [4.78, 5) is 17.7. The number of hydrogen-bond acceptors (Lipinski definition) is 6. The molecule has 23 heavy (non-hydrogen) atoms. The van der Waals surface area contributed by atoms with Crippen LogP contribution < -0.4 is 5.32 Å². The van der Waals surface area contributed by atoms with E-state index in [0.717, 1.165) is 18.0 Å². The second kappa shape index (κ2) is 7.47. The summed E-state index contributed by atoms with van der Waals surface area (Å²) in [6.07, 6.45) is 2.31. The van der Waals surface area contributed by atoms with Gasteiger partial charge in [-0.15, -0.1) is 16.4 Å². The number of carbonyl (C=O) groups excluding carboxylic acids is 1. The number of nitrogens with zero attached hydrogens (tertiary/aromatic N) is 2. The number of furan rings is 1. The summed E-state index contributed by atoms with van der Waals surface area (Å²) in [5, 5.41) is 12.2. The molecule has 1 amide bonds. The molecule has 3 heterocycles. The Balaban J connectivity index is 1.50. The van der Waals surface area contributed by atoms with E-state index in [9.17, 15) is 4.79 Å². The van der Waals surface area contributed by atoms with Gasteiger partial charge in [-0.2, -0.15) is 0 Å². The van der Waals surface area contributed by atoms with Crippen LogP contribution in [0.5, 0.6) is 0 Å². The van der Waals surface area contributed by atoms with Gasteiger partial charge in [-0.1, -0.05) is 17.8 Å². The van der Waals surface area contributed by atoms with Crippen LogP contribution >= 0.6 is 23.1 Å². The highest BCUT2D eigenvalue weighted by Gasteiger charge is 2.17. The molecule has 0 spiro atoms. The lowest BCUT2D eigenvalue weighted by Crippen LogP contribution is -2.30. The first-order valence-electron chi connectivity index (χ1n) is 7.11. The van der Waals surface area contributed by atoms with E-state index < -0.39 is 0 Å². The van der Waals surface area contributed by atoms with Crippen molar-refractivity contribution in [3.63, 3.8) is 0 Å². The quantitative estimate of drug-likeness (QED) is 0.642. The molecule has 3 aromatic rings. The van der Waals surface area contributed by atoms with E-state index in [0.29, 0.717) is 11.7 Å². The molecule has 3 rings (SSSR count). The lowest BCUT2D eigenvalue weighted by Gasteiger charge is -2.08. The molecule has 8 heteroatoms. The van der Waals surface area contributed by atoms with Crippen LogP contribution in [0.25, 0.3) is 0 Å². The summed E-state index contributed by atoms with van der Waals surface area (Å²) in [6, 6.07) is 7.69. The highest BCUT2D eigenvalue weighted by atomic mass is 32.2. The molecule has 1 atom stereocenters. The fraction of sp³-hybridized carbons (Fsp3) is 0.267. The van der Waals surface area contributed by atoms with Gasteiger partial charge in [0.1, 0.15) is 11.6 Å². The molecule has 0 radical (unpaired) electrons.